The number of tetrazole rings is 1. The monoisotopic (exact) mass is 524 g/mol. The Morgan fingerprint density at radius 3 is 2.42 bits per heavy atom. The Labute approximate surface area is 222 Å². The molecule has 0 saturated carbocycles. The third kappa shape index (κ3) is 5.58. The van der Waals surface area contributed by atoms with Crippen molar-refractivity contribution in [2.45, 2.75) is 12.3 Å². The Morgan fingerprint density at radius 2 is 1.76 bits per heavy atom. The number of amides is 1. The topological polar surface area (TPSA) is 123 Å². The number of aromatic nitrogens is 5. The van der Waals surface area contributed by atoms with Gasteiger partial charge in [0.15, 0.2) is 0 Å². The molecule has 0 saturated heterocycles. The number of hydrogen-bond acceptors (Lipinski definition) is 6. The molecule has 38 heavy (non-hydrogen) atoms. The van der Waals surface area contributed by atoms with E-state index >= 15 is 0 Å². The lowest BCUT2D eigenvalue weighted by Crippen LogP contribution is -2.24. The summed E-state index contributed by atoms with van der Waals surface area (Å²) < 4.78 is 1.54. The molecule has 2 aromatic heterocycles. The first-order valence-electron chi connectivity index (χ1n) is 11.7. The second-order valence-electron chi connectivity index (χ2n) is 8.50. The van der Waals surface area contributed by atoms with E-state index in [1.54, 1.807) is 29.1 Å². The van der Waals surface area contributed by atoms with Gasteiger partial charge in [-0.2, -0.15) is 4.68 Å². The van der Waals surface area contributed by atoms with Crippen LogP contribution >= 0.6 is 11.6 Å². The van der Waals surface area contributed by atoms with Gasteiger partial charge < -0.3 is 10.4 Å². The lowest BCUT2D eigenvalue weighted by Gasteiger charge is -2.18. The third-order valence-electron chi connectivity index (χ3n) is 6.01. The number of hydrogen-bond donors (Lipinski definition) is 2. The van der Waals surface area contributed by atoms with E-state index in [1.165, 1.54) is 18.5 Å². The highest BCUT2D eigenvalue weighted by Crippen LogP contribution is 2.30. The predicted molar refractivity (Wildman–Crippen MR) is 142 cm³/mol. The van der Waals surface area contributed by atoms with E-state index < -0.39 is 11.9 Å². The second kappa shape index (κ2) is 11.0. The van der Waals surface area contributed by atoms with Crippen molar-refractivity contribution in [3.63, 3.8) is 0 Å². The molecule has 2 N–H and O–H groups in total. The molecule has 5 aromatic rings. The van der Waals surface area contributed by atoms with Gasteiger partial charge >= 0.3 is 5.97 Å². The van der Waals surface area contributed by atoms with Crippen LogP contribution in [0.4, 0.5) is 5.69 Å². The summed E-state index contributed by atoms with van der Waals surface area (Å²) in [4.78, 5) is 29.2. The van der Waals surface area contributed by atoms with Gasteiger partial charge in [-0.1, -0.05) is 48.0 Å². The lowest BCUT2D eigenvalue weighted by molar-refractivity contribution is -0.117. The molecule has 0 aliphatic carbocycles. The zero-order chi connectivity index (χ0) is 26.5. The molecule has 2 heterocycles. The van der Waals surface area contributed by atoms with E-state index in [4.69, 9.17) is 16.7 Å². The fourth-order valence-corrected chi connectivity index (χ4v) is 4.26. The van der Waals surface area contributed by atoms with Crippen molar-refractivity contribution in [3.8, 4) is 16.8 Å². The van der Waals surface area contributed by atoms with Crippen LogP contribution < -0.4 is 5.32 Å². The molecule has 1 amide bonds. The molecule has 1 unspecified atom stereocenters. The summed E-state index contributed by atoms with van der Waals surface area (Å²) >= 11 is 6.28. The number of halogens is 1. The first-order valence-corrected chi connectivity index (χ1v) is 12.0. The Kier molecular flexibility index (Phi) is 7.19. The van der Waals surface area contributed by atoms with Gasteiger partial charge in [-0.3, -0.25) is 9.78 Å². The quantitative estimate of drug-likeness (QED) is 0.291. The smallest absolute Gasteiger partial charge is 0.335 e. The van der Waals surface area contributed by atoms with Crippen LogP contribution in [0.5, 0.6) is 0 Å². The Hall–Kier alpha value is -4.89. The minimum absolute atomic E-state index is 0.142. The average molecular weight is 525 g/mol. The van der Waals surface area contributed by atoms with Crippen LogP contribution in [-0.4, -0.2) is 42.2 Å². The highest BCUT2D eigenvalue weighted by molar-refractivity contribution is 6.31. The molecule has 0 fully saturated rings. The number of carbonyl (C=O) groups is 2. The number of aromatic carboxylic acids is 1. The maximum atomic E-state index is 13.4. The summed E-state index contributed by atoms with van der Waals surface area (Å²) in [7, 11) is 0. The molecule has 1 atom stereocenters. The molecule has 9 nitrogen and oxygen atoms in total. The van der Waals surface area contributed by atoms with E-state index in [0.717, 1.165) is 22.4 Å². The zero-order valence-corrected chi connectivity index (χ0v) is 20.7. The standard InChI is InChI=1S/C28H21ClN6O3/c29-21-9-13-26(35-17-31-33-34-35)23(15-21)20-8-12-25(30-16-20)24(14-18-4-2-1-3-5-18)27(36)32-22-10-6-19(7-11-22)28(37)38/h1-13,15-17,24H,14H2,(H,32,36)(H,37,38). The molecule has 188 valence electrons. The number of carbonyl (C=O) groups excluding carboxylic acids is 1. The third-order valence-corrected chi connectivity index (χ3v) is 6.24. The number of pyridine rings is 1. The van der Waals surface area contributed by atoms with E-state index in [-0.39, 0.29) is 11.5 Å². The fourth-order valence-electron chi connectivity index (χ4n) is 4.09. The van der Waals surface area contributed by atoms with Crippen LogP contribution in [0.1, 0.15) is 27.5 Å². The number of nitrogens with one attached hydrogen (secondary N) is 1. The van der Waals surface area contributed by atoms with E-state index in [2.05, 4.69) is 25.8 Å². The molecule has 3 aromatic carbocycles. The molecule has 0 spiro atoms. The molecule has 0 aliphatic rings. The maximum Gasteiger partial charge on any atom is 0.335 e. The molecular weight excluding hydrogens is 504 g/mol. The predicted octanol–water partition coefficient (Wildman–Crippen LogP) is 5.04. The number of carboxylic acids is 1. The largest absolute Gasteiger partial charge is 0.478 e. The van der Waals surface area contributed by atoms with Crippen molar-refractivity contribution in [1.29, 1.82) is 0 Å². The molecule has 0 bridgehead atoms. The van der Waals surface area contributed by atoms with Crippen LogP contribution in [-0.2, 0) is 11.2 Å². The lowest BCUT2D eigenvalue weighted by atomic mass is 9.93. The van der Waals surface area contributed by atoms with Gasteiger partial charge in [0.05, 0.1) is 22.9 Å². The minimum Gasteiger partial charge on any atom is -0.478 e. The summed E-state index contributed by atoms with van der Waals surface area (Å²) in [5.41, 5.74) is 4.51. The Bertz CT molecular complexity index is 1560. The molecular formula is C28H21ClN6O3. The van der Waals surface area contributed by atoms with Gasteiger partial charge in [0.2, 0.25) is 5.91 Å². The van der Waals surface area contributed by atoms with Gasteiger partial charge in [0.25, 0.3) is 0 Å². The number of nitrogens with zero attached hydrogens (tertiary/aromatic N) is 5. The minimum atomic E-state index is -1.03. The SMILES string of the molecule is O=C(O)c1ccc(NC(=O)C(Cc2ccccc2)c2ccc(-c3cc(Cl)ccc3-n3cnnn3)cn2)cc1. The summed E-state index contributed by atoms with van der Waals surface area (Å²) in [5, 5.41) is 24.0. The summed E-state index contributed by atoms with van der Waals surface area (Å²) in [6.45, 7) is 0. The second-order valence-corrected chi connectivity index (χ2v) is 8.94. The van der Waals surface area contributed by atoms with E-state index in [1.807, 2.05) is 54.6 Å². The summed E-state index contributed by atoms with van der Waals surface area (Å²) in [5.74, 6) is -1.88. The number of anilines is 1. The van der Waals surface area contributed by atoms with Gasteiger partial charge in [-0.05, 0) is 70.9 Å². The molecule has 10 heteroatoms. The van der Waals surface area contributed by atoms with E-state index in [0.29, 0.717) is 22.8 Å². The van der Waals surface area contributed by atoms with Gasteiger partial charge in [0, 0.05) is 28.0 Å². The first kappa shape index (κ1) is 24.8. The molecule has 5 rings (SSSR count). The van der Waals surface area contributed by atoms with Crippen LogP contribution in [0.15, 0.2) is 97.5 Å². The van der Waals surface area contributed by atoms with Crippen LogP contribution in [0.3, 0.4) is 0 Å². The number of rotatable bonds is 8. The van der Waals surface area contributed by atoms with Crippen molar-refractivity contribution < 1.29 is 14.7 Å². The Morgan fingerprint density at radius 1 is 0.974 bits per heavy atom. The summed E-state index contributed by atoms with van der Waals surface area (Å²) in [6, 6.07) is 24.8. The van der Waals surface area contributed by atoms with Crippen molar-refractivity contribution >= 4 is 29.2 Å². The van der Waals surface area contributed by atoms with Crippen molar-refractivity contribution in [2.24, 2.45) is 0 Å². The summed E-state index contributed by atoms with van der Waals surface area (Å²) in [6.07, 6.45) is 3.62. The van der Waals surface area contributed by atoms with Crippen LogP contribution in [0.25, 0.3) is 16.8 Å². The first-order chi connectivity index (χ1) is 18.5. The molecule has 0 aliphatic heterocycles. The Balaban J connectivity index is 1.45. The van der Waals surface area contributed by atoms with Crippen LogP contribution in [0, 0.1) is 0 Å². The van der Waals surface area contributed by atoms with Crippen molar-refractivity contribution in [1.82, 2.24) is 25.2 Å². The van der Waals surface area contributed by atoms with Gasteiger partial charge in [-0.15, -0.1) is 5.10 Å². The highest BCUT2D eigenvalue weighted by atomic mass is 35.5. The zero-order valence-electron chi connectivity index (χ0n) is 19.9. The van der Waals surface area contributed by atoms with Gasteiger partial charge in [0.1, 0.15) is 6.33 Å². The van der Waals surface area contributed by atoms with E-state index in [9.17, 15) is 9.59 Å². The van der Waals surface area contributed by atoms with Crippen molar-refractivity contribution in [3.05, 3.63) is 119 Å². The fraction of sp³-hybridized carbons (Fsp3) is 0.0714. The highest BCUT2D eigenvalue weighted by Gasteiger charge is 2.23. The number of benzene rings is 3. The van der Waals surface area contributed by atoms with Gasteiger partial charge in [-0.25, -0.2) is 4.79 Å². The normalized spacial score (nSPS) is 11.6. The number of carboxylic acid groups (broad SMARTS) is 1. The van der Waals surface area contributed by atoms with Crippen molar-refractivity contribution in [2.75, 3.05) is 5.32 Å². The average Bonchev–Trinajstić information content (AvgIpc) is 3.47. The maximum absolute atomic E-state index is 13.4. The van der Waals surface area contributed by atoms with Crippen LogP contribution in [0.2, 0.25) is 5.02 Å². The molecule has 0 radical (unpaired) electrons.